The minimum atomic E-state index is -3.75. The van der Waals surface area contributed by atoms with Crippen molar-refractivity contribution in [1.82, 2.24) is 4.72 Å². The smallest absolute Gasteiger partial charge is 0.321 e. The van der Waals surface area contributed by atoms with Gasteiger partial charge in [-0.3, -0.25) is 9.59 Å². The summed E-state index contributed by atoms with van der Waals surface area (Å²) in [5.41, 5.74) is 8.07. The molecule has 0 spiro atoms. The molecule has 0 unspecified atom stereocenters. The van der Waals surface area contributed by atoms with Crippen molar-refractivity contribution in [2.45, 2.75) is 57.9 Å². The highest BCUT2D eigenvalue weighted by Gasteiger charge is 2.23. The lowest BCUT2D eigenvalue weighted by Gasteiger charge is -2.14. The monoisotopic (exact) mass is 392 g/mol. The Labute approximate surface area is 154 Å². The number of hydrogen-bond donors (Lipinski definition) is 2. The van der Waals surface area contributed by atoms with Crippen LogP contribution in [0.1, 0.15) is 51.9 Å². The minimum Gasteiger partial charge on any atom is -0.480 e. The number of nitrogens with one attached hydrogen (secondary N) is 1. The second-order valence-electron chi connectivity index (χ2n) is 5.78. The molecule has 0 aromatic rings. The Morgan fingerprint density at radius 2 is 1.96 bits per heavy atom. The number of Topliss-reactive ketones (excluding diaryl/α,β-unsaturated/α-hetero) is 1. The Hall–Kier alpha value is -1.68. The van der Waals surface area contributed by atoms with Gasteiger partial charge in [0.15, 0.2) is 0 Å². The molecule has 0 bridgehead atoms. The first-order valence-electron chi connectivity index (χ1n) is 8.65. The number of ketones is 1. The molecular weight excluding hydrogens is 364 g/mol. The Bertz CT molecular complexity index is 575. The first kappa shape index (κ1) is 24.3. The molecule has 0 radical (unpaired) electrons. The lowest BCUT2D eigenvalue weighted by molar-refractivity contribution is -0.139. The second kappa shape index (κ2) is 14.5. The van der Waals surface area contributed by atoms with Gasteiger partial charge in [0.05, 0.1) is 19.0 Å². The predicted octanol–water partition coefficient (Wildman–Crippen LogP) is 2.01. The van der Waals surface area contributed by atoms with Crippen LogP contribution in [0.15, 0.2) is 5.11 Å². The van der Waals surface area contributed by atoms with E-state index in [-0.39, 0.29) is 57.0 Å². The number of rotatable bonds is 17. The third-order valence-corrected chi connectivity index (χ3v) is 4.98. The molecule has 0 aliphatic rings. The molecule has 0 aromatic carbocycles. The molecule has 0 aromatic heterocycles. The molecule has 10 nitrogen and oxygen atoms in total. The van der Waals surface area contributed by atoms with Gasteiger partial charge in [0.25, 0.3) is 0 Å². The molecule has 0 saturated carbocycles. The average Bonchev–Trinajstić information content (AvgIpc) is 2.57. The van der Waals surface area contributed by atoms with Crippen LogP contribution < -0.4 is 4.72 Å². The van der Waals surface area contributed by atoms with Crippen molar-refractivity contribution < 1.29 is 27.9 Å². The summed E-state index contributed by atoms with van der Waals surface area (Å²) in [5.74, 6) is -1.63. The molecule has 0 amide bonds. The van der Waals surface area contributed by atoms with Crippen LogP contribution in [-0.4, -0.2) is 56.8 Å². The highest BCUT2D eigenvalue weighted by atomic mass is 32.2. The van der Waals surface area contributed by atoms with Crippen molar-refractivity contribution >= 4 is 21.8 Å². The number of hydrogen-bond acceptors (Lipinski definition) is 6. The molecule has 150 valence electrons. The van der Waals surface area contributed by atoms with Crippen LogP contribution in [0.25, 0.3) is 10.4 Å². The molecule has 11 heteroatoms. The van der Waals surface area contributed by atoms with Crippen molar-refractivity contribution in [2.75, 3.05) is 25.5 Å². The summed E-state index contributed by atoms with van der Waals surface area (Å²) in [7, 11) is -3.75. The van der Waals surface area contributed by atoms with E-state index in [1.54, 1.807) is 0 Å². The summed E-state index contributed by atoms with van der Waals surface area (Å²) in [6, 6.07) is -1.13. The minimum absolute atomic E-state index is 0.0776. The molecule has 0 aliphatic carbocycles. The summed E-state index contributed by atoms with van der Waals surface area (Å²) in [6.45, 7) is 2.58. The van der Waals surface area contributed by atoms with E-state index in [1.807, 2.05) is 6.92 Å². The van der Waals surface area contributed by atoms with Crippen LogP contribution in [0.2, 0.25) is 0 Å². The number of carbonyl (C=O) groups excluding carboxylic acids is 1. The van der Waals surface area contributed by atoms with Crippen molar-refractivity contribution in [3.8, 4) is 0 Å². The number of sulfonamides is 1. The normalized spacial score (nSPS) is 12.3. The van der Waals surface area contributed by atoms with Gasteiger partial charge in [-0.2, -0.15) is 0 Å². The second-order valence-corrected chi connectivity index (χ2v) is 7.66. The van der Waals surface area contributed by atoms with E-state index in [1.165, 1.54) is 0 Å². The standard InChI is InChI=1S/C15H28N4O6S/c1-2-3-4-7-14(15(21)22)18-26(23,24)12-5-6-13(20)8-10-25-11-9-17-19-16/h14,18H,2-12H2,1H3,(H,21,22)/t14-/m0/s1. The SMILES string of the molecule is CCCCC[C@H](NS(=O)(=O)CCCC(=O)CCOCCN=[N+]=[N-])C(=O)O. The molecule has 26 heavy (non-hydrogen) atoms. The van der Waals surface area contributed by atoms with Crippen molar-refractivity contribution in [2.24, 2.45) is 5.11 Å². The molecular formula is C15H28N4O6S. The topological polar surface area (TPSA) is 159 Å². The zero-order valence-corrected chi connectivity index (χ0v) is 15.9. The Morgan fingerprint density at radius 3 is 2.58 bits per heavy atom. The summed E-state index contributed by atoms with van der Waals surface area (Å²) in [4.78, 5) is 25.4. The van der Waals surface area contributed by atoms with Crippen LogP contribution >= 0.6 is 0 Å². The van der Waals surface area contributed by atoms with Crippen molar-refractivity contribution in [3.05, 3.63) is 10.4 Å². The summed E-state index contributed by atoms with van der Waals surface area (Å²) in [5, 5.41) is 12.4. The van der Waals surface area contributed by atoms with Crippen LogP contribution in [0.4, 0.5) is 0 Å². The van der Waals surface area contributed by atoms with E-state index >= 15 is 0 Å². The van der Waals surface area contributed by atoms with Gasteiger partial charge < -0.3 is 9.84 Å². The van der Waals surface area contributed by atoms with E-state index in [0.29, 0.717) is 6.42 Å². The van der Waals surface area contributed by atoms with E-state index in [9.17, 15) is 18.0 Å². The largest absolute Gasteiger partial charge is 0.480 e. The number of ether oxygens (including phenoxy) is 1. The highest BCUT2D eigenvalue weighted by molar-refractivity contribution is 7.89. The zero-order valence-electron chi connectivity index (χ0n) is 15.1. The molecule has 0 saturated heterocycles. The van der Waals surface area contributed by atoms with Gasteiger partial charge in [-0.15, -0.1) is 0 Å². The molecule has 0 fully saturated rings. The fourth-order valence-electron chi connectivity index (χ4n) is 2.13. The van der Waals surface area contributed by atoms with Gasteiger partial charge in [-0.05, 0) is 18.4 Å². The Morgan fingerprint density at radius 1 is 1.23 bits per heavy atom. The summed E-state index contributed by atoms with van der Waals surface area (Å²) in [6.07, 6.45) is 2.98. The van der Waals surface area contributed by atoms with Crippen LogP contribution in [-0.2, 0) is 24.3 Å². The van der Waals surface area contributed by atoms with Crippen LogP contribution in [0, 0.1) is 0 Å². The highest BCUT2D eigenvalue weighted by Crippen LogP contribution is 2.06. The van der Waals surface area contributed by atoms with Crippen molar-refractivity contribution in [1.29, 1.82) is 0 Å². The van der Waals surface area contributed by atoms with Crippen LogP contribution in [0.5, 0.6) is 0 Å². The van der Waals surface area contributed by atoms with E-state index in [4.69, 9.17) is 15.4 Å². The maximum absolute atomic E-state index is 12.0. The molecule has 0 rings (SSSR count). The zero-order chi connectivity index (χ0) is 19.8. The first-order valence-corrected chi connectivity index (χ1v) is 10.3. The number of nitrogens with zero attached hydrogens (tertiary/aromatic N) is 3. The number of carbonyl (C=O) groups is 2. The van der Waals surface area contributed by atoms with Gasteiger partial charge in [0, 0.05) is 24.3 Å². The van der Waals surface area contributed by atoms with Crippen LogP contribution in [0.3, 0.4) is 0 Å². The number of carboxylic acids is 1. The maximum Gasteiger partial charge on any atom is 0.321 e. The Balaban J connectivity index is 4.08. The van der Waals surface area contributed by atoms with Gasteiger partial charge in [0.1, 0.15) is 11.8 Å². The Kier molecular flexibility index (Phi) is 13.5. The lowest BCUT2D eigenvalue weighted by Crippen LogP contribution is -2.41. The molecule has 0 heterocycles. The fraction of sp³-hybridized carbons (Fsp3) is 0.867. The van der Waals surface area contributed by atoms with Gasteiger partial charge >= 0.3 is 5.97 Å². The maximum atomic E-state index is 12.0. The number of carboxylic acid groups (broad SMARTS) is 1. The number of aliphatic carboxylic acids is 1. The third kappa shape index (κ3) is 13.6. The third-order valence-electron chi connectivity index (χ3n) is 3.51. The van der Waals surface area contributed by atoms with Gasteiger partial charge in [0.2, 0.25) is 10.0 Å². The molecule has 0 aliphatic heterocycles. The van der Waals surface area contributed by atoms with E-state index in [2.05, 4.69) is 14.7 Å². The lowest BCUT2D eigenvalue weighted by atomic mass is 10.1. The summed E-state index contributed by atoms with van der Waals surface area (Å²) < 4.78 is 31.2. The summed E-state index contributed by atoms with van der Waals surface area (Å²) >= 11 is 0. The van der Waals surface area contributed by atoms with E-state index < -0.39 is 22.0 Å². The fourth-order valence-corrected chi connectivity index (χ4v) is 3.42. The van der Waals surface area contributed by atoms with Gasteiger partial charge in [-0.1, -0.05) is 31.3 Å². The van der Waals surface area contributed by atoms with E-state index in [0.717, 1.165) is 12.8 Å². The first-order chi connectivity index (χ1) is 12.3. The quantitative estimate of drug-likeness (QED) is 0.167. The molecule has 2 N–H and O–H groups in total. The van der Waals surface area contributed by atoms with Gasteiger partial charge in [-0.25, -0.2) is 13.1 Å². The average molecular weight is 392 g/mol. The predicted molar refractivity (Wildman–Crippen MR) is 96.2 cm³/mol. The number of unbranched alkanes of at least 4 members (excludes halogenated alkanes) is 2. The molecule has 1 atom stereocenters. The van der Waals surface area contributed by atoms with Crippen molar-refractivity contribution in [3.63, 3.8) is 0 Å². The number of azide groups is 1.